The number of fused-ring (bicyclic) bond motifs is 1. The number of hydrogen-bond donors (Lipinski definition) is 3. The molecule has 4 aromatic rings. The first-order chi connectivity index (χ1) is 19.2. The predicted octanol–water partition coefficient (Wildman–Crippen LogP) is 6.65. The summed E-state index contributed by atoms with van der Waals surface area (Å²) in [7, 11) is 0. The Morgan fingerprint density at radius 2 is 1.46 bits per heavy atom. The number of nitrogens with zero attached hydrogens (tertiary/aromatic N) is 4. The Balaban J connectivity index is 1.43. The molecule has 216 valence electrons. The van der Waals surface area contributed by atoms with Gasteiger partial charge in [-0.05, 0) is 83.9 Å². The lowest BCUT2D eigenvalue weighted by Crippen LogP contribution is -2.27. The molecular formula is C29H34FN7O4. The molecule has 0 saturated heterocycles. The second-order valence-electron chi connectivity index (χ2n) is 11.4. The molecule has 0 bridgehead atoms. The van der Waals surface area contributed by atoms with Gasteiger partial charge in [-0.15, -0.1) is 0 Å². The number of aryl methyl sites for hydroxylation is 2. The number of ether oxygens (including phenoxy) is 2. The summed E-state index contributed by atoms with van der Waals surface area (Å²) in [5, 5.41) is 8.45. The summed E-state index contributed by atoms with van der Waals surface area (Å²) in [5.41, 5.74) is 2.20. The highest BCUT2D eigenvalue weighted by atomic mass is 19.1. The van der Waals surface area contributed by atoms with E-state index in [1.54, 1.807) is 88.8 Å². The van der Waals surface area contributed by atoms with Gasteiger partial charge in [0.15, 0.2) is 17.0 Å². The molecule has 2 amide bonds. The number of nitrogens with one attached hydrogen (secondary N) is 3. The fourth-order valence-electron chi connectivity index (χ4n) is 3.83. The molecule has 2 aromatic heterocycles. The number of halogens is 1. The van der Waals surface area contributed by atoms with Crippen LogP contribution in [0.5, 0.6) is 0 Å². The van der Waals surface area contributed by atoms with Crippen LogP contribution in [0.15, 0.2) is 54.9 Å². The van der Waals surface area contributed by atoms with Gasteiger partial charge in [0.25, 0.3) is 0 Å². The van der Waals surface area contributed by atoms with Crippen molar-refractivity contribution in [3.8, 4) is 0 Å². The second-order valence-corrected chi connectivity index (χ2v) is 11.4. The van der Waals surface area contributed by atoms with Gasteiger partial charge in [-0.25, -0.2) is 14.6 Å². The maximum atomic E-state index is 14.5. The summed E-state index contributed by atoms with van der Waals surface area (Å²) >= 11 is 0. The minimum absolute atomic E-state index is 0.193. The minimum Gasteiger partial charge on any atom is -0.444 e. The maximum absolute atomic E-state index is 14.5. The van der Waals surface area contributed by atoms with Crippen LogP contribution >= 0.6 is 0 Å². The Kier molecular flexibility index (Phi) is 8.41. The zero-order chi connectivity index (χ0) is 29.8. The van der Waals surface area contributed by atoms with E-state index in [1.165, 1.54) is 0 Å². The van der Waals surface area contributed by atoms with Gasteiger partial charge in [-0.2, -0.15) is 14.4 Å². The molecule has 0 fully saturated rings. The lowest BCUT2D eigenvalue weighted by Gasteiger charge is -2.19. The van der Waals surface area contributed by atoms with E-state index in [4.69, 9.17) is 9.47 Å². The fraction of sp³-hybridized carbons (Fsp3) is 0.345. The van der Waals surface area contributed by atoms with Crippen molar-refractivity contribution in [1.82, 2.24) is 19.5 Å². The SMILES string of the molecule is CC(C)(C)OC(=O)Nc1ccc(CCn2cnc3c(Nc4cccc(NC(=O)OC(C)(C)C)c4)nc(F)nc32)cc1. The Labute approximate surface area is 237 Å². The van der Waals surface area contributed by atoms with Crippen LogP contribution in [0.25, 0.3) is 11.2 Å². The van der Waals surface area contributed by atoms with E-state index in [1.807, 2.05) is 12.1 Å². The topological polar surface area (TPSA) is 132 Å². The highest BCUT2D eigenvalue weighted by Gasteiger charge is 2.18. The molecule has 0 spiro atoms. The van der Waals surface area contributed by atoms with Crippen molar-refractivity contribution in [3.63, 3.8) is 0 Å². The third kappa shape index (κ3) is 8.62. The third-order valence-corrected chi connectivity index (χ3v) is 5.45. The number of carbonyl (C=O) groups is 2. The van der Waals surface area contributed by atoms with Crippen LogP contribution in [0.3, 0.4) is 0 Å². The van der Waals surface area contributed by atoms with Crippen LogP contribution < -0.4 is 16.0 Å². The molecule has 0 unspecified atom stereocenters. The molecule has 0 aliphatic carbocycles. The largest absolute Gasteiger partial charge is 0.444 e. The number of anilines is 4. The van der Waals surface area contributed by atoms with Gasteiger partial charge in [0.05, 0.1) is 6.33 Å². The van der Waals surface area contributed by atoms with Gasteiger partial charge in [0, 0.05) is 23.6 Å². The monoisotopic (exact) mass is 563 g/mol. The molecule has 0 aliphatic rings. The van der Waals surface area contributed by atoms with Crippen molar-refractivity contribution >= 4 is 46.2 Å². The van der Waals surface area contributed by atoms with Crippen molar-refractivity contribution < 1.29 is 23.5 Å². The third-order valence-electron chi connectivity index (χ3n) is 5.45. The number of aromatic nitrogens is 4. The summed E-state index contributed by atoms with van der Waals surface area (Å²) in [6.45, 7) is 11.2. The van der Waals surface area contributed by atoms with Gasteiger partial charge >= 0.3 is 18.3 Å². The molecule has 0 saturated carbocycles. The smallest absolute Gasteiger partial charge is 0.412 e. The fourth-order valence-corrected chi connectivity index (χ4v) is 3.83. The van der Waals surface area contributed by atoms with E-state index in [0.717, 1.165) is 5.56 Å². The first kappa shape index (κ1) is 29.2. The molecule has 12 heteroatoms. The van der Waals surface area contributed by atoms with Gasteiger partial charge in [-0.3, -0.25) is 10.6 Å². The molecule has 2 aromatic carbocycles. The van der Waals surface area contributed by atoms with Crippen LogP contribution in [-0.2, 0) is 22.4 Å². The van der Waals surface area contributed by atoms with E-state index in [2.05, 4.69) is 30.9 Å². The second kappa shape index (κ2) is 11.8. The number of hydrogen-bond acceptors (Lipinski definition) is 8. The van der Waals surface area contributed by atoms with Crippen LogP contribution in [0.4, 0.5) is 36.9 Å². The molecule has 0 radical (unpaired) electrons. The van der Waals surface area contributed by atoms with Crippen molar-refractivity contribution in [2.24, 2.45) is 0 Å². The van der Waals surface area contributed by atoms with Crippen molar-refractivity contribution in [2.75, 3.05) is 16.0 Å². The Morgan fingerprint density at radius 3 is 2.10 bits per heavy atom. The van der Waals surface area contributed by atoms with Crippen LogP contribution in [0, 0.1) is 6.08 Å². The van der Waals surface area contributed by atoms with Gasteiger partial charge in [0.1, 0.15) is 11.2 Å². The van der Waals surface area contributed by atoms with Crippen molar-refractivity contribution in [1.29, 1.82) is 0 Å². The number of benzene rings is 2. The lowest BCUT2D eigenvalue weighted by molar-refractivity contribution is 0.0624. The molecule has 0 aliphatic heterocycles. The summed E-state index contributed by atoms with van der Waals surface area (Å²) in [6.07, 6.45) is 0.195. The average Bonchev–Trinajstić information content (AvgIpc) is 3.24. The van der Waals surface area contributed by atoms with Gasteiger partial charge in [0.2, 0.25) is 0 Å². The number of rotatable bonds is 7. The molecule has 4 rings (SSSR count). The Morgan fingerprint density at radius 1 is 0.854 bits per heavy atom. The first-order valence-corrected chi connectivity index (χ1v) is 13.1. The molecule has 0 atom stereocenters. The van der Waals surface area contributed by atoms with E-state index in [-0.39, 0.29) is 5.82 Å². The predicted molar refractivity (Wildman–Crippen MR) is 155 cm³/mol. The number of carbonyl (C=O) groups excluding carboxylic acids is 2. The summed E-state index contributed by atoms with van der Waals surface area (Å²) < 4.78 is 26.8. The zero-order valence-corrected chi connectivity index (χ0v) is 23.9. The van der Waals surface area contributed by atoms with Crippen molar-refractivity contribution in [3.05, 3.63) is 66.5 Å². The summed E-state index contributed by atoms with van der Waals surface area (Å²) in [4.78, 5) is 36.4. The first-order valence-electron chi connectivity index (χ1n) is 13.1. The standard InChI is InChI=1S/C29H34FN7O4/c1-28(2,3)40-26(38)33-19-12-10-18(11-13-19)14-15-37-17-31-22-23(35-25(30)36-24(22)37)32-20-8-7-9-21(16-20)34-27(39)41-29(4,5)6/h7-13,16-17H,14-15H2,1-6H3,(H,33,38)(H,34,39)(H,32,35,36). The van der Waals surface area contributed by atoms with E-state index in [0.29, 0.717) is 41.2 Å². The number of imidazole rings is 1. The van der Waals surface area contributed by atoms with Crippen molar-refractivity contribution in [2.45, 2.75) is 65.7 Å². The summed E-state index contributed by atoms with van der Waals surface area (Å²) in [5.74, 6) is 0.193. The zero-order valence-electron chi connectivity index (χ0n) is 23.9. The van der Waals surface area contributed by atoms with Crippen LogP contribution in [-0.4, -0.2) is 42.9 Å². The average molecular weight is 564 g/mol. The number of amides is 2. The molecule has 41 heavy (non-hydrogen) atoms. The van der Waals surface area contributed by atoms with Gasteiger partial charge < -0.3 is 19.4 Å². The highest BCUT2D eigenvalue weighted by molar-refractivity contribution is 5.88. The lowest BCUT2D eigenvalue weighted by atomic mass is 10.1. The van der Waals surface area contributed by atoms with E-state index < -0.39 is 29.5 Å². The minimum atomic E-state index is -0.901. The molecular weight excluding hydrogens is 529 g/mol. The van der Waals surface area contributed by atoms with Gasteiger partial charge in [-0.1, -0.05) is 18.2 Å². The van der Waals surface area contributed by atoms with Crippen LogP contribution in [0.1, 0.15) is 47.1 Å². The Hall–Kier alpha value is -4.74. The quantitative estimate of drug-likeness (QED) is 0.213. The molecule has 11 nitrogen and oxygen atoms in total. The molecule has 2 heterocycles. The van der Waals surface area contributed by atoms with E-state index >= 15 is 0 Å². The normalized spacial score (nSPS) is 11.7. The maximum Gasteiger partial charge on any atom is 0.412 e. The highest BCUT2D eigenvalue weighted by Crippen LogP contribution is 2.25. The summed E-state index contributed by atoms with van der Waals surface area (Å²) in [6, 6.07) is 14.2. The molecule has 3 N–H and O–H groups in total. The van der Waals surface area contributed by atoms with E-state index in [9.17, 15) is 14.0 Å². The Bertz CT molecular complexity index is 1540. The van der Waals surface area contributed by atoms with Crippen LogP contribution in [0.2, 0.25) is 0 Å².